The number of rotatable bonds is 5. The van der Waals surface area contributed by atoms with Crippen LogP contribution in [0, 0.1) is 0 Å². The maximum Gasteiger partial charge on any atom is 0.421 e. The van der Waals surface area contributed by atoms with Crippen molar-refractivity contribution in [1.82, 2.24) is 4.90 Å². The number of benzene rings is 1. The predicted octanol–water partition coefficient (Wildman–Crippen LogP) is 2.49. The number of alkyl halides is 3. The Bertz CT molecular complexity index is 847. The fourth-order valence-corrected chi connectivity index (χ4v) is 3.27. The van der Waals surface area contributed by atoms with Crippen LogP contribution in [0.2, 0.25) is 0 Å². The largest absolute Gasteiger partial charge is 0.461 e. The minimum absolute atomic E-state index is 0.121. The van der Waals surface area contributed by atoms with Gasteiger partial charge in [-0.25, -0.2) is 4.79 Å². The highest BCUT2D eigenvalue weighted by Crippen LogP contribution is 2.49. The predicted molar refractivity (Wildman–Crippen MR) is 93.6 cm³/mol. The van der Waals surface area contributed by atoms with Crippen molar-refractivity contribution in [2.45, 2.75) is 24.6 Å². The maximum absolute atomic E-state index is 14.5. The molecule has 2 aliphatic rings. The van der Waals surface area contributed by atoms with Crippen LogP contribution < -0.4 is 0 Å². The van der Waals surface area contributed by atoms with Crippen molar-refractivity contribution in [3.8, 4) is 0 Å². The van der Waals surface area contributed by atoms with Crippen molar-refractivity contribution in [2.24, 2.45) is 10.2 Å². The number of hydrogen-bond donors (Lipinski definition) is 0. The molecule has 0 aliphatic carbocycles. The van der Waals surface area contributed by atoms with Crippen molar-refractivity contribution in [3.05, 3.63) is 48.0 Å². The van der Waals surface area contributed by atoms with Crippen LogP contribution in [-0.2, 0) is 19.0 Å². The van der Waals surface area contributed by atoms with Crippen LogP contribution in [0.4, 0.5) is 13.2 Å². The van der Waals surface area contributed by atoms with Crippen molar-refractivity contribution in [2.75, 3.05) is 20.8 Å². The monoisotopic (exact) mass is 397 g/mol. The highest BCUT2D eigenvalue weighted by atomic mass is 19.4. The molecule has 0 bridgehead atoms. The van der Waals surface area contributed by atoms with E-state index in [9.17, 15) is 18.0 Å². The van der Waals surface area contributed by atoms with Crippen LogP contribution in [-0.4, -0.2) is 60.9 Å². The van der Waals surface area contributed by atoms with Gasteiger partial charge in [0.05, 0.1) is 6.61 Å². The lowest BCUT2D eigenvalue weighted by Gasteiger charge is -2.47. The van der Waals surface area contributed by atoms with Gasteiger partial charge in [-0.3, -0.25) is 4.90 Å². The van der Waals surface area contributed by atoms with Gasteiger partial charge in [-0.2, -0.15) is 13.2 Å². The number of carbonyl (C=O) groups excluding carboxylic acids is 1. The zero-order chi connectivity index (χ0) is 20.6. The number of halogens is 3. The van der Waals surface area contributed by atoms with Gasteiger partial charge in [0.15, 0.2) is 11.5 Å². The van der Waals surface area contributed by atoms with Gasteiger partial charge in [-0.05, 0) is 19.1 Å². The molecule has 3 rings (SSSR count). The molecule has 2 aliphatic heterocycles. The molecule has 0 saturated carbocycles. The molecule has 0 spiro atoms. The molecule has 1 aromatic carbocycles. The van der Waals surface area contributed by atoms with E-state index in [1.807, 2.05) is 0 Å². The molecule has 0 amide bonds. The quantitative estimate of drug-likeness (QED) is 0.434. The molecule has 10 heteroatoms. The van der Waals surface area contributed by atoms with Gasteiger partial charge in [0.2, 0.25) is 5.54 Å². The van der Waals surface area contributed by atoms with E-state index in [0.29, 0.717) is 5.56 Å². The van der Waals surface area contributed by atoms with E-state index in [0.717, 1.165) is 17.1 Å². The summed E-state index contributed by atoms with van der Waals surface area (Å²) in [6.45, 7) is 1.36. The lowest BCUT2D eigenvalue weighted by molar-refractivity contribution is -0.277. The SMILES string of the molecule is CCOC(=O)C1=NN=C(c2ccccc2)N2C(OC)(OC)C=CC12C(F)(F)F. The van der Waals surface area contributed by atoms with E-state index in [1.165, 1.54) is 21.1 Å². The lowest BCUT2D eigenvalue weighted by Crippen LogP contribution is -2.71. The van der Waals surface area contributed by atoms with Crippen LogP contribution in [0.5, 0.6) is 0 Å². The number of hydrogen-bond acceptors (Lipinski definition) is 7. The Morgan fingerprint density at radius 3 is 2.29 bits per heavy atom. The molecule has 1 atom stereocenters. The summed E-state index contributed by atoms with van der Waals surface area (Å²) in [6.07, 6.45) is -3.10. The van der Waals surface area contributed by atoms with Gasteiger partial charge in [-0.15, -0.1) is 10.2 Å². The van der Waals surface area contributed by atoms with Crippen LogP contribution in [0.1, 0.15) is 12.5 Å². The van der Waals surface area contributed by atoms with E-state index in [-0.39, 0.29) is 12.4 Å². The zero-order valence-electron chi connectivity index (χ0n) is 15.4. The summed E-state index contributed by atoms with van der Waals surface area (Å²) in [6, 6.07) is 8.13. The Morgan fingerprint density at radius 1 is 1.11 bits per heavy atom. The molecule has 0 aromatic heterocycles. The number of fused-ring (bicyclic) bond motifs is 1. The first-order valence-corrected chi connectivity index (χ1v) is 8.34. The molecule has 0 N–H and O–H groups in total. The van der Waals surface area contributed by atoms with Crippen LogP contribution in [0.25, 0.3) is 0 Å². The number of esters is 1. The molecule has 1 unspecified atom stereocenters. The Labute approximate surface area is 159 Å². The molecule has 150 valence electrons. The summed E-state index contributed by atoms with van der Waals surface area (Å²) in [4.78, 5) is 13.1. The number of carbonyl (C=O) groups is 1. The zero-order valence-corrected chi connectivity index (χ0v) is 15.4. The average molecular weight is 397 g/mol. The Hall–Kier alpha value is -2.72. The molecule has 7 nitrogen and oxygen atoms in total. The second kappa shape index (κ2) is 7.02. The number of nitrogens with zero attached hydrogens (tertiary/aromatic N) is 3. The fraction of sp³-hybridized carbons (Fsp3) is 0.389. The molecule has 0 radical (unpaired) electrons. The highest BCUT2D eigenvalue weighted by molar-refractivity contribution is 6.42. The van der Waals surface area contributed by atoms with Crippen molar-refractivity contribution >= 4 is 17.5 Å². The van der Waals surface area contributed by atoms with Crippen LogP contribution >= 0.6 is 0 Å². The first-order chi connectivity index (χ1) is 13.3. The van der Waals surface area contributed by atoms with Gasteiger partial charge < -0.3 is 14.2 Å². The maximum atomic E-state index is 14.5. The van der Waals surface area contributed by atoms with Crippen molar-refractivity contribution in [1.29, 1.82) is 0 Å². The van der Waals surface area contributed by atoms with E-state index >= 15 is 0 Å². The summed E-state index contributed by atoms with van der Waals surface area (Å²) in [5.74, 6) is -3.36. The molecular formula is C18H18F3N3O4. The van der Waals surface area contributed by atoms with E-state index < -0.39 is 29.3 Å². The highest BCUT2D eigenvalue weighted by Gasteiger charge is 2.72. The molecule has 0 saturated heterocycles. The molecule has 2 heterocycles. The second-order valence-electron chi connectivity index (χ2n) is 5.93. The molecule has 28 heavy (non-hydrogen) atoms. The summed E-state index contributed by atoms with van der Waals surface area (Å²) >= 11 is 0. The smallest absolute Gasteiger partial charge is 0.421 e. The third-order valence-electron chi connectivity index (χ3n) is 4.53. The van der Waals surface area contributed by atoms with Crippen molar-refractivity contribution < 1.29 is 32.2 Å². The molecule has 0 fully saturated rings. The van der Waals surface area contributed by atoms with Crippen molar-refractivity contribution in [3.63, 3.8) is 0 Å². The number of ether oxygens (including phenoxy) is 3. The fourth-order valence-electron chi connectivity index (χ4n) is 3.27. The van der Waals surface area contributed by atoms with Crippen LogP contribution in [0.3, 0.4) is 0 Å². The van der Waals surface area contributed by atoms with E-state index in [1.54, 1.807) is 30.3 Å². The Kier molecular flexibility index (Phi) is 5.02. The van der Waals surface area contributed by atoms with Gasteiger partial charge in [0.25, 0.3) is 5.91 Å². The third kappa shape index (κ3) is 2.71. The third-order valence-corrected chi connectivity index (χ3v) is 4.53. The van der Waals surface area contributed by atoms with Gasteiger partial charge >= 0.3 is 12.1 Å². The standard InChI is InChI=1S/C18H18F3N3O4/c1-4-28-15(25)13-16(18(19,20)21)10-11-17(26-2,27-3)24(16)14(23-22-13)12-8-6-5-7-9-12/h5-11H,4H2,1-3H3. The minimum atomic E-state index is -4.97. The first kappa shape index (κ1) is 20.0. The molecular weight excluding hydrogens is 379 g/mol. The topological polar surface area (TPSA) is 72.7 Å². The first-order valence-electron chi connectivity index (χ1n) is 8.34. The summed E-state index contributed by atoms with van der Waals surface area (Å²) in [7, 11) is 2.39. The van der Waals surface area contributed by atoms with Gasteiger partial charge in [-0.1, -0.05) is 30.3 Å². The Morgan fingerprint density at radius 2 is 1.75 bits per heavy atom. The molecule has 1 aromatic rings. The number of methoxy groups -OCH3 is 2. The summed E-state index contributed by atoms with van der Waals surface area (Å²) < 4.78 is 58.9. The van der Waals surface area contributed by atoms with Crippen LogP contribution in [0.15, 0.2) is 52.7 Å². The summed E-state index contributed by atoms with van der Waals surface area (Å²) in [5, 5.41) is 7.53. The average Bonchev–Trinajstić information content (AvgIpc) is 3.05. The lowest BCUT2D eigenvalue weighted by atomic mass is 9.90. The Balaban J connectivity index is 2.31. The summed E-state index contributed by atoms with van der Waals surface area (Å²) in [5.41, 5.74) is -3.56. The van der Waals surface area contributed by atoms with Gasteiger partial charge in [0, 0.05) is 19.8 Å². The van der Waals surface area contributed by atoms with E-state index in [4.69, 9.17) is 14.2 Å². The normalized spacial score (nSPS) is 23.1. The number of amidine groups is 1. The van der Waals surface area contributed by atoms with E-state index in [2.05, 4.69) is 10.2 Å². The minimum Gasteiger partial charge on any atom is -0.461 e. The van der Waals surface area contributed by atoms with Gasteiger partial charge in [0.1, 0.15) is 0 Å². The second-order valence-corrected chi connectivity index (χ2v) is 5.93.